The molecule has 0 spiro atoms. The van der Waals surface area contributed by atoms with E-state index < -0.39 is 0 Å². The number of amides is 2. The molecule has 186 valence electrons. The van der Waals surface area contributed by atoms with Gasteiger partial charge in [0.2, 0.25) is 5.95 Å². The third kappa shape index (κ3) is 4.47. The summed E-state index contributed by atoms with van der Waals surface area (Å²) in [5.74, 6) is 1.63. The average Bonchev–Trinajstić information content (AvgIpc) is 3.26. The number of anilines is 2. The number of H-pyrrole nitrogens is 1. The van der Waals surface area contributed by atoms with Crippen molar-refractivity contribution in [3.8, 4) is 11.3 Å². The fourth-order valence-electron chi connectivity index (χ4n) is 5.14. The Bertz CT molecular complexity index is 1180. The van der Waals surface area contributed by atoms with E-state index in [1.165, 1.54) is 0 Å². The third-order valence-electron chi connectivity index (χ3n) is 6.81. The minimum absolute atomic E-state index is 0.0306. The van der Waals surface area contributed by atoms with Crippen LogP contribution in [0.4, 0.5) is 16.6 Å². The number of aromatic nitrogens is 5. The molecule has 0 radical (unpaired) electrons. The van der Waals surface area contributed by atoms with E-state index in [1.807, 2.05) is 11.1 Å². The van der Waals surface area contributed by atoms with Crippen LogP contribution in [-0.2, 0) is 0 Å². The average molecular weight is 479 g/mol. The second-order valence-corrected chi connectivity index (χ2v) is 9.90. The van der Waals surface area contributed by atoms with Gasteiger partial charge in [-0.1, -0.05) is 0 Å². The molecule has 0 aliphatic carbocycles. The van der Waals surface area contributed by atoms with Crippen LogP contribution in [0, 0.1) is 0 Å². The van der Waals surface area contributed by atoms with Gasteiger partial charge in [0.1, 0.15) is 22.5 Å². The number of nitrogens with zero attached hydrogens (tertiary/aromatic N) is 8. The van der Waals surface area contributed by atoms with E-state index in [9.17, 15) is 4.79 Å². The number of aromatic amines is 1. The van der Waals surface area contributed by atoms with Gasteiger partial charge >= 0.3 is 6.03 Å². The van der Waals surface area contributed by atoms with Crippen LogP contribution in [0.25, 0.3) is 22.3 Å². The Labute approximate surface area is 205 Å². The molecule has 0 unspecified atom stereocenters. The molecule has 5 heterocycles. The molecule has 0 aromatic carbocycles. The van der Waals surface area contributed by atoms with Crippen LogP contribution < -0.4 is 15.1 Å². The Balaban J connectivity index is 1.40. The van der Waals surface area contributed by atoms with E-state index in [1.54, 1.807) is 25.2 Å². The maximum atomic E-state index is 12.5. The number of rotatable bonds is 3. The van der Waals surface area contributed by atoms with Crippen LogP contribution in [0.3, 0.4) is 0 Å². The lowest BCUT2D eigenvalue weighted by Gasteiger charge is -2.44. The Morgan fingerprint density at radius 1 is 1.06 bits per heavy atom. The summed E-state index contributed by atoms with van der Waals surface area (Å²) in [4.78, 5) is 34.8. The highest BCUT2D eigenvalue weighted by molar-refractivity contribution is 5.89. The molecule has 2 aliphatic heterocycles. The number of hydrogen-bond donors (Lipinski definition) is 2. The second-order valence-electron chi connectivity index (χ2n) is 9.90. The van der Waals surface area contributed by atoms with Crippen LogP contribution in [0.15, 0.2) is 24.5 Å². The minimum atomic E-state index is 0.0306. The van der Waals surface area contributed by atoms with Gasteiger partial charge in [-0.2, -0.15) is 5.10 Å². The van der Waals surface area contributed by atoms with Crippen LogP contribution in [0.2, 0.25) is 0 Å². The summed E-state index contributed by atoms with van der Waals surface area (Å²) in [5, 5.41) is 11.1. The molecule has 11 nitrogen and oxygen atoms in total. The van der Waals surface area contributed by atoms with Gasteiger partial charge in [0, 0.05) is 76.7 Å². The standard InChI is InChI=1S/C24H34N10O/c1-15-12-32(9-8-25-15)20-7-6-18(10-26-20)21-22-19(29-30-21)11-27-23(28-22)34-16(2)13-33(14-17(34)3)24(35)31(4)5/h6-7,10-11,15-17,25H,8-9,12-14H2,1-5H3,(H,29,30)/t15-,16-,17+/m1/s1. The van der Waals surface area contributed by atoms with Crippen molar-refractivity contribution < 1.29 is 4.79 Å². The first-order valence-corrected chi connectivity index (χ1v) is 12.2. The molecule has 2 fully saturated rings. The number of urea groups is 1. The van der Waals surface area contributed by atoms with E-state index in [0.717, 1.165) is 47.7 Å². The van der Waals surface area contributed by atoms with Crippen molar-refractivity contribution in [2.75, 3.05) is 56.6 Å². The first kappa shape index (κ1) is 23.3. The van der Waals surface area contributed by atoms with Gasteiger partial charge in [-0.05, 0) is 32.9 Å². The monoisotopic (exact) mass is 478 g/mol. The number of piperazine rings is 2. The first-order chi connectivity index (χ1) is 16.8. The second kappa shape index (κ2) is 9.29. The van der Waals surface area contributed by atoms with Crippen molar-refractivity contribution in [2.24, 2.45) is 0 Å². The zero-order valence-electron chi connectivity index (χ0n) is 21.1. The molecule has 3 aromatic heterocycles. The Kier molecular flexibility index (Phi) is 6.18. The summed E-state index contributed by atoms with van der Waals surface area (Å²) in [6, 6.07) is 4.76. The summed E-state index contributed by atoms with van der Waals surface area (Å²) < 4.78 is 0. The lowest BCUT2D eigenvalue weighted by molar-refractivity contribution is 0.152. The minimum Gasteiger partial charge on any atom is -0.354 e. The number of pyridine rings is 1. The molecular weight excluding hydrogens is 444 g/mol. The molecule has 2 aliphatic rings. The van der Waals surface area contributed by atoms with Gasteiger partial charge in [0.25, 0.3) is 0 Å². The number of fused-ring (bicyclic) bond motifs is 1. The van der Waals surface area contributed by atoms with Crippen molar-refractivity contribution in [1.29, 1.82) is 0 Å². The largest absolute Gasteiger partial charge is 0.354 e. The predicted octanol–water partition coefficient (Wildman–Crippen LogP) is 1.79. The summed E-state index contributed by atoms with van der Waals surface area (Å²) in [7, 11) is 3.57. The summed E-state index contributed by atoms with van der Waals surface area (Å²) in [6.45, 7) is 10.5. The van der Waals surface area contributed by atoms with Crippen molar-refractivity contribution in [3.63, 3.8) is 0 Å². The van der Waals surface area contributed by atoms with Gasteiger partial charge in [0.15, 0.2) is 0 Å². The SMILES string of the molecule is C[C@@H]1CN(c2ccc(-c3n[nH]c4cnc(N5[C@H](C)CN(C(=O)N(C)C)C[C@@H]5C)nc34)cn2)CCN1. The topological polar surface area (TPSA) is 109 Å². The normalized spacial score (nSPS) is 23.1. The number of nitrogens with one attached hydrogen (secondary N) is 2. The maximum absolute atomic E-state index is 12.5. The quantitative estimate of drug-likeness (QED) is 0.587. The highest BCUT2D eigenvalue weighted by Gasteiger charge is 2.34. The number of carbonyl (C=O) groups excluding carboxylic acids is 1. The lowest BCUT2D eigenvalue weighted by atomic mass is 10.1. The van der Waals surface area contributed by atoms with Gasteiger partial charge in [-0.3, -0.25) is 5.10 Å². The summed E-state index contributed by atoms with van der Waals surface area (Å²) in [5.41, 5.74) is 3.23. The van der Waals surface area contributed by atoms with E-state index in [-0.39, 0.29) is 18.1 Å². The van der Waals surface area contributed by atoms with E-state index in [2.05, 4.69) is 63.2 Å². The fraction of sp³-hybridized carbons (Fsp3) is 0.542. The van der Waals surface area contributed by atoms with Crippen LogP contribution in [0.5, 0.6) is 0 Å². The smallest absolute Gasteiger partial charge is 0.319 e. The molecule has 3 atom stereocenters. The number of carbonyl (C=O) groups is 1. The molecular formula is C24H34N10O. The number of hydrogen-bond acceptors (Lipinski definition) is 8. The van der Waals surface area contributed by atoms with Crippen LogP contribution in [-0.4, -0.2) is 106 Å². The molecule has 0 saturated carbocycles. The first-order valence-electron chi connectivity index (χ1n) is 12.2. The fourth-order valence-corrected chi connectivity index (χ4v) is 5.14. The lowest BCUT2D eigenvalue weighted by Crippen LogP contribution is -2.60. The zero-order valence-corrected chi connectivity index (χ0v) is 21.1. The molecule has 11 heteroatoms. The van der Waals surface area contributed by atoms with Gasteiger partial charge in [-0.25, -0.2) is 19.7 Å². The predicted molar refractivity (Wildman–Crippen MR) is 137 cm³/mol. The zero-order chi connectivity index (χ0) is 24.7. The highest BCUT2D eigenvalue weighted by atomic mass is 16.2. The van der Waals surface area contributed by atoms with E-state index in [4.69, 9.17) is 9.97 Å². The molecule has 2 amide bonds. The van der Waals surface area contributed by atoms with Gasteiger partial charge in [0.05, 0.1) is 6.20 Å². The summed E-state index contributed by atoms with van der Waals surface area (Å²) >= 11 is 0. The molecule has 35 heavy (non-hydrogen) atoms. The Morgan fingerprint density at radius 2 is 1.83 bits per heavy atom. The van der Waals surface area contributed by atoms with Crippen LogP contribution >= 0.6 is 0 Å². The van der Waals surface area contributed by atoms with Crippen molar-refractivity contribution in [2.45, 2.75) is 38.9 Å². The molecule has 2 saturated heterocycles. The van der Waals surface area contributed by atoms with Crippen LogP contribution in [0.1, 0.15) is 20.8 Å². The van der Waals surface area contributed by atoms with Crippen molar-refractivity contribution in [3.05, 3.63) is 24.5 Å². The van der Waals surface area contributed by atoms with Gasteiger partial charge < -0.3 is 24.9 Å². The van der Waals surface area contributed by atoms with Crippen molar-refractivity contribution >= 4 is 28.8 Å². The van der Waals surface area contributed by atoms with Crippen molar-refractivity contribution in [1.82, 2.24) is 40.3 Å². The van der Waals surface area contributed by atoms with Gasteiger partial charge in [-0.15, -0.1) is 0 Å². The molecule has 0 bridgehead atoms. The Hall–Kier alpha value is -3.47. The third-order valence-corrected chi connectivity index (χ3v) is 6.81. The molecule has 5 rings (SSSR count). The summed E-state index contributed by atoms with van der Waals surface area (Å²) in [6.07, 6.45) is 3.66. The molecule has 2 N–H and O–H groups in total. The highest BCUT2D eigenvalue weighted by Crippen LogP contribution is 2.29. The van der Waals surface area contributed by atoms with E-state index >= 15 is 0 Å². The van der Waals surface area contributed by atoms with E-state index in [0.29, 0.717) is 25.1 Å². The molecule has 3 aromatic rings. The maximum Gasteiger partial charge on any atom is 0.319 e. The Morgan fingerprint density at radius 3 is 2.49 bits per heavy atom.